The largest absolute Gasteiger partial charge is 0.480 e. The lowest BCUT2D eigenvalue weighted by atomic mass is 10.00. The van der Waals surface area contributed by atoms with E-state index in [1.165, 1.54) is 19.4 Å². The van der Waals surface area contributed by atoms with E-state index in [0.29, 0.717) is 5.69 Å². The summed E-state index contributed by atoms with van der Waals surface area (Å²) in [5, 5.41) is 26.3. The third-order valence-corrected chi connectivity index (χ3v) is 9.90. The number of para-hydroxylation sites is 1. The van der Waals surface area contributed by atoms with Crippen molar-refractivity contribution in [2.24, 2.45) is 23.5 Å². The zero-order valence-corrected chi connectivity index (χ0v) is 35.5. The Balaban J connectivity index is 1.68. The fraction of sp³-hybridized carbons (Fsp3) is 0.550. The van der Waals surface area contributed by atoms with Gasteiger partial charge in [0.2, 0.25) is 35.4 Å². The Morgan fingerprint density at radius 2 is 1.27 bits per heavy atom. The summed E-state index contributed by atoms with van der Waals surface area (Å²) in [6.45, 7) is 12.2. The number of imidazole rings is 1. The van der Waals surface area contributed by atoms with Gasteiger partial charge in [-0.15, -0.1) is 0 Å². The highest BCUT2D eigenvalue weighted by molar-refractivity contribution is 7.80. The fourth-order valence-electron chi connectivity index (χ4n) is 6.32. The second-order valence-corrected chi connectivity index (χ2v) is 16.3. The highest BCUT2D eigenvalue weighted by Gasteiger charge is 2.34. The van der Waals surface area contributed by atoms with E-state index < -0.39 is 89.6 Å². The van der Waals surface area contributed by atoms with Gasteiger partial charge in [-0.05, 0) is 55.6 Å². The van der Waals surface area contributed by atoms with E-state index in [4.69, 9.17) is 5.73 Å². The first kappa shape index (κ1) is 47.9. The number of carboxylic acids is 1. The van der Waals surface area contributed by atoms with E-state index in [-0.39, 0.29) is 43.3 Å². The number of amides is 6. The smallest absolute Gasteiger partial charge is 0.326 e. The van der Waals surface area contributed by atoms with Crippen LogP contribution in [0.5, 0.6) is 0 Å². The van der Waals surface area contributed by atoms with Crippen LogP contribution >= 0.6 is 12.6 Å². The number of thiol groups is 1. The summed E-state index contributed by atoms with van der Waals surface area (Å²) in [5.74, 6) is -6.10. The normalized spacial score (nSPS) is 15.1. The Morgan fingerprint density at radius 3 is 1.86 bits per heavy atom. The lowest BCUT2D eigenvalue weighted by molar-refractivity contribution is -0.143. The zero-order chi connectivity index (χ0) is 44.0. The molecule has 7 atom stereocenters. The molecule has 0 saturated heterocycles. The number of carbonyl (C=O) groups excluding carboxylic acids is 6. The van der Waals surface area contributed by atoms with Crippen LogP contribution in [0.1, 0.15) is 72.6 Å². The van der Waals surface area contributed by atoms with Gasteiger partial charge >= 0.3 is 5.97 Å². The molecule has 59 heavy (non-hydrogen) atoms. The summed E-state index contributed by atoms with van der Waals surface area (Å²) in [4.78, 5) is 103. The molecule has 1 aromatic carbocycles. The monoisotopic (exact) mass is 840 g/mol. The topological polar surface area (TPSA) is 282 Å². The number of fused-ring (bicyclic) bond motifs is 1. The molecule has 324 valence electrons. The average Bonchev–Trinajstić information content (AvgIpc) is 3.84. The molecule has 2 aromatic heterocycles. The zero-order valence-electron chi connectivity index (χ0n) is 34.6. The summed E-state index contributed by atoms with van der Waals surface area (Å²) in [5.41, 5.74) is 8.43. The first-order chi connectivity index (χ1) is 27.8. The Hall–Kier alpha value is -5.43. The van der Waals surface area contributed by atoms with E-state index in [2.05, 4.69) is 59.5 Å². The summed E-state index contributed by atoms with van der Waals surface area (Å²) in [6, 6.07) is -0.418. The van der Waals surface area contributed by atoms with Crippen molar-refractivity contribution < 1.29 is 38.7 Å². The summed E-state index contributed by atoms with van der Waals surface area (Å²) in [6.07, 6.45) is 5.13. The first-order valence-corrected chi connectivity index (χ1v) is 20.4. The molecule has 0 aliphatic rings. The minimum absolute atomic E-state index is 0.0286. The predicted octanol–water partition coefficient (Wildman–Crippen LogP) is 0.695. The van der Waals surface area contributed by atoms with E-state index in [9.17, 15) is 38.7 Å². The molecule has 0 radical (unpaired) electrons. The third kappa shape index (κ3) is 14.7. The van der Waals surface area contributed by atoms with Crippen molar-refractivity contribution in [1.82, 2.24) is 46.9 Å². The quantitative estimate of drug-likeness (QED) is 0.0595. The Morgan fingerprint density at radius 1 is 0.695 bits per heavy atom. The average molecular weight is 841 g/mol. The molecule has 11 N–H and O–H groups in total. The van der Waals surface area contributed by atoms with Crippen molar-refractivity contribution >= 4 is 64.9 Å². The van der Waals surface area contributed by atoms with Crippen molar-refractivity contribution in [3.8, 4) is 0 Å². The second-order valence-electron chi connectivity index (χ2n) is 15.9. The van der Waals surface area contributed by atoms with Gasteiger partial charge in [-0.3, -0.25) is 28.8 Å². The standard InChI is InChI=1S/C40H60N10O8S/c1-20(2)12-29(36(53)48-31(40(57)58)13-21(3)4)46-37(54)30(15-25-17-42-19-44-25)47-38(55)32(18-59)49-39(56)33(22(5)6)50-34(51)23(7)45-35(52)27(41)14-24-16-43-28-11-9-8-10-26(24)28/h8-11,16-17,19-23,27,29-33,43,59H,12-15,18,41H2,1-7H3,(H,42,44)(H,45,52)(H,46,54)(H,47,55)(H,48,53)(H,49,56)(H,50,51)(H,57,58)/t23-,27-,29-,30-,31-,32-,33-/m0/s1. The molecule has 6 amide bonds. The molecule has 19 heteroatoms. The highest BCUT2D eigenvalue weighted by Crippen LogP contribution is 2.19. The minimum atomic E-state index is -1.28. The molecule has 3 rings (SSSR count). The summed E-state index contributed by atoms with van der Waals surface area (Å²) >= 11 is 4.27. The van der Waals surface area contributed by atoms with E-state index in [0.717, 1.165) is 16.5 Å². The number of hydrogen-bond donors (Lipinski definition) is 11. The molecule has 2 heterocycles. The van der Waals surface area contributed by atoms with Crippen molar-refractivity contribution in [2.45, 2.75) is 116 Å². The lowest BCUT2D eigenvalue weighted by Gasteiger charge is -2.28. The third-order valence-electron chi connectivity index (χ3n) is 9.54. The Bertz CT molecular complexity index is 1900. The molecule has 0 fully saturated rings. The van der Waals surface area contributed by atoms with Crippen molar-refractivity contribution in [3.63, 3.8) is 0 Å². The molecule has 0 aliphatic heterocycles. The summed E-state index contributed by atoms with van der Waals surface area (Å²) < 4.78 is 0. The number of hydrogen-bond acceptors (Lipinski definition) is 10. The van der Waals surface area contributed by atoms with Gasteiger partial charge < -0.3 is 52.7 Å². The molecular formula is C40H60N10O8S. The van der Waals surface area contributed by atoms with Gasteiger partial charge in [0.1, 0.15) is 36.3 Å². The van der Waals surface area contributed by atoms with E-state index in [1.807, 2.05) is 52.0 Å². The summed E-state index contributed by atoms with van der Waals surface area (Å²) in [7, 11) is 0. The Kier molecular flexibility index (Phi) is 18.4. The van der Waals surface area contributed by atoms with E-state index >= 15 is 0 Å². The molecule has 0 spiro atoms. The maximum absolute atomic E-state index is 13.8. The van der Waals surface area contributed by atoms with Crippen LogP contribution in [0.3, 0.4) is 0 Å². The number of nitrogens with zero attached hydrogens (tertiary/aromatic N) is 1. The van der Waals surface area contributed by atoms with Crippen LogP contribution in [0.2, 0.25) is 0 Å². The number of aromatic amines is 2. The number of rotatable bonds is 23. The van der Waals surface area contributed by atoms with Crippen LogP contribution in [0.4, 0.5) is 0 Å². The molecule has 0 aliphatic carbocycles. The van der Waals surface area contributed by atoms with Crippen molar-refractivity contribution in [3.05, 3.63) is 54.2 Å². The van der Waals surface area contributed by atoms with Gasteiger partial charge in [0.25, 0.3) is 0 Å². The van der Waals surface area contributed by atoms with Gasteiger partial charge in [0.15, 0.2) is 0 Å². The number of nitrogens with one attached hydrogen (secondary N) is 8. The van der Waals surface area contributed by atoms with E-state index in [1.54, 1.807) is 20.0 Å². The SMILES string of the molecule is CC(C)C[C@H](NC(=O)[C@H](CC(C)C)NC(=O)[C@H](Cc1cnc[nH]1)NC(=O)[C@H](CS)NC(=O)[C@@H](NC(=O)[C@H](C)NC(=O)[C@@H](N)Cc1c[nH]c2ccccc12)C(C)C)C(=O)O. The van der Waals surface area contributed by atoms with Gasteiger partial charge in [-0.2, -0.15) is 12.6 Å². The minimum Gasteiger partial charge on any atom is -0.480 e. The van der Waals surface area contributed by atoms with Gasteiger partial charge in [-0.25, -0.2) is 9.78 Å². The highest BCUT2D eigenvalue weighted by atomic mass is 32.1. The maximum Gasteiger partial charge on any atom is 0.326 e. The number of carbonyl (C=O) groups is 7. The van der Waals surface area contributed by atoms with Crippen LogP contribution in [0, 0.1) is 17.8 Å². The predicted molar refractivity (Wildman–Crippen MR) is 225 cm³/mol. The molecule has 0 bridgehead atoms. The second kappa shape index (κ2) is 22.6. The molecular weight excluding hydrogens is 781 g/mol. The maximum atomic E-state index is 13.8. The number of aromatic nitrogens is 3. The van der Waals surface area contributed by atoms with Crippen molar-refractivity contribution in [1.29, 1.82) is 0 Å². The molecule has 0 saturated carbocycles. The van der Waals surface area contributed by atoms with Crippen LogP contribution in [-0.2, 0) is 46.4 Å². The molecule has 3 aromatic rings. The van der Waals surface area contributed by atoms with Gasteiger partial charge in [0, 0.05) is 41.2 Å². The number of benzene rings is 1. The first-order valence-electron chi connectivity index (χ1n) is 19.7. The number of carboxylic acid groups (broad SMARTS) is 1. The molecule has 0 unspecified atom stereocenters. The van der Waals surface area contributed by atoms with Crippen LogP contribution in [0.25, 0.3) is 10.9 Å². The van der Waals surface area contributed by atoms with Gasteiger partial charge in [0.05, 0.1) is 12.4 Å². The fourth-order valence-corrected chi connectivity index (χ4v) is 6.58. The number of aliphatic carboxylic acids is 1. The number of H-pyrrole nitrogens is 2. The Labute approximate surface area is 349 Å². The van der Waals surface area contributed by atoms with Crippen LogP contribution < -0.4 is 37.6 Å². The van der Waals surface area contributed by atoms with Crippen LogP contribution in [0.15, 0.2) is 43.0 Å². The van der Waals surface area contributed by atoms with Crippen molar-refractivity contribution in [2.75, 3.05) is 5.75 Å². The molecule has 18 nitrogen and oxygen atoms in total. The van der Waals surface area contributed by atoms with Gasteiger partial charge in [-0.1, -0.05) is 59.7 Å². The number of nitrogens with two attached hydrogens (primary N) is 1. The van der Waals surface area contributed by atoms with Crippen LogP contribution in [-0.4, -0.2) is 110 Å². The lowest BCUT2D eigenvalue weighted by Crippen LogP contribution is -2.61.